The molecule has 0 fully saturated rings. The maximum atomic E-state index is 5.47. The van der Waals surface area contributed by atoms with Gasteiger partial charge in [-0.3, -0.25) is 0 Å². The number of fused-ring (bicyclic) bond motifs is 1. The molecule has 1 N–H and O–H groups in total. The summed E-state index contributed by atoms with van der Waals surface area (Å²) in [6.45, 7) is 2.07. The first kappa shape index (κ1) is 17.8. The highest BCUT2D eigenvalue weighted by Gasteiger charge is 2.13. The topological polar surface area (TPSA) is 56.3 Å². The SMILES string of the molecule is COc1ccc(OC)c(Nc2nnc(-c3ccc(C)cc3)c3ccccc23)c1. The van der Waals surface area contributed by atoms with Gasteiger partial charge in [-0.2, -0.15) is 0 Å². The van der Waals surface area contributed by atoms with Gasteiger partial charge in [-0.25, -0.2) is 0 Å². The molecule has 0 amide bonds. The van der Waals surface area contributed by atoms with Gasteiger partial charge in [0.05, 0.1) is 19.9 Å². The van der Waals surface area contributed by atoms with Crippen molar-refractivity contribution in [2.75, 3.05) is 19.5 Å². The van der Waals surface area contributed by atoms with Crippen molar-refractivity contribution in [2.24, 2.45) is 0 Å². The number of aromatic nitrogens is 2. The molecule has 0 unspecified atom stereocenters. The van der Waals surface area contributed by atoms with E-state index in [1.165, 1.54) is 5.56 Å². The molecule has 0 saturated carbocycles. The third-order valence-electron chi connectivity index (χ3n) is 4.67. The number of hydrogen-bond acceptors (Lipinski definition) is 5. The van der Waals surface area contributed by atoms with Crippen molar-refractivity contribution in [3.05, 3.63) is 72.3 Å². The standard InChI is InChI=1S/C23H21N3O2/c1-15-8-10-16(11-9-15)22-18-6-4-5-7-19(18)23(26-25-22)24-20-14-17(27-2)12-13-21(20)28-3/h4-14H,1-3H3,(H,24,26). The molecular weight excluding hydrogens is 350 g/mol. The molecule has 5 nitrogen and oxygen atoms in total. The van der Waals surface area contributed by atoms with Crippen LogP contribution >= 0.6 is 0 Å². The highest BCUT2D eigenvalue weighted by Crippen LogP contribution is 2.35. The molecule has 0 atom stereocenters. The van der Waals surface area contributed by atoms with Crippen LogP contribution in [0, 0.1) is 6.92 Å². The van der Waals surface area contributed by atoms with Crippen LogP contribution in [0.2, 0.25) is 0 Å². The van der Waals surface area contributed by atoms with Gasteiger partial charge in [0.25, 0.3) is 0 Å². The van der Waals surface area contributed by atoms with Crippen molar-refractivity contribution in [3.8, 4) is 22.8 Å². The van der Waals surface area contributed by atoms with Crippen LogP contribution in [-0.4, -0.2) is 24.4 Å². The van der Waals surface area contributed by atoms with Crippen LogP contribution in [0.4, 0.5) is 11.5 Å². The lowest BCUT2D eigenvalue weighted by atomic mass is 10.0. The monoisotopic (exact) mass is 371 g/mol. The molecule has 0 spiro atoms. The van der Waals surface area contributed by atoms with E-state index in [4.69, 9.17) is 9.47 Å². The normalized spacial score (nSPS) is 10.7. The number of anilines is 2. The molecule has 0 aliphatic carbocycles. The predicted molar refractivity (Wildman–Crippen MR) is 113 cm³/mol. The van der Waals surface area contributed by atoms with E-state index in [1.807, 2.05) is 36.4 Å². The highest BCUT2D eigenvalue weighted by atomic mass is 16.5. The Morgan fingerprint density at radius 3 is 2.25 bits per heavy atom. The first-order valence-electron chi connectivity index (χ1n) is 9.01. The number of aryl methyl sites for hydroxylation is 1. The van der Waals surface area contributed by atoms with Gasteiger partial charge in [0.1, 0.15) is 17.2 Å². The number of nitrogens with zero attached hydrogens (tertiary/aromatic N) is 2. The van der Waals surface area contributed by atoms with E-state index in [0.29, 0.717) is 11.6 Å². The van der Waals surface area contributed by atoms with Crippen LogP contribution in [0.3, 0.4) is 0 Å². The second-order valence-corrected chi connectivity index (χ2v) is 6.50. The first-order chi connectivity index (χ1) is 13.7. The number of hydrogen-bond donors (Lipinski definition) is 1. The molecular formula is C23H21N3O2. The maximum Gasteiger partial charge on any atom is 0.161 e. The Morgan fingerprint density at radius 2 is 1.54 bits per heavy atom. The van der Waals surface area contributed by atoms with Crippen LogP contribution in [0.25, 0.3) is 22.0 Å². The molecule has 0 saturated heterocycles. The van der Waals surface area contributed by atoms with Crippen molar-refractivity contribution < 1.29 is 9.47 Å². The Labute approximate surface area is 164 Å². The molecule has 140 valence electrons. The minimum absolute atomic E-state index is 0.665. The third-order valence-corrected chi connectivity index (χ3v) is 4.67. The minimum atomic E-state index is 0.665. The molecule has 0 aliphatic rings. The fourth-order valence-corrected chi connectivity index (χ4v) is 3.16. The van der Waals surface area contributed by atoms with Crippen LogP contribution in [-0.2, 0) is 0 Å². The van der Waals surface area contributed by atoms with Gasteiger partial charge in [0.2, 0.25) is 0 Å². The lowest BCUT2D eigenvalue weighted by molar-refractivity contribution is 0.405. The van der Waals surface area contributed by atoms with Gasteiger partial charge in [-0.15, -0.1) is 10.2 Å². The van der Waals surface area contributed by atoms with Crippen LogP contribution in [0.1, 0.15) is 5.56 Å². The Kier molecular flexibility index (Phi) is 4.81. The van der Waals surface area contributed by atoms with Crippen molar-refractivity contribution in [1.29, 1.82) is 0 Å². The summed E-state index contributed by atoms with van der Waals surface area (Å²) in [7, 11) is 3.27. The summed E-state index contributed by atoms with van der Waals surface area (Å²) < 4.78 is 10.8. The quantitative estimate of drug-likeness (QED) is 0.511. The predicted octanol–water partition coefficient (Wildman–Crippen LogP) is 5.37. The number of methoxy groups -OCH3 is 2. The average molecular weight is 371 g/mol. The Morgan fingerprint density at radius 1 is 0.786 bits per heavy atom. The summed E-state index contributed by atoms with van der Waals surface area (Å²) in [4.78, 5) is 0. The summed E-state index contributed by atoms with van der Waals surface area (Å²) in [5, 5.41) is 14.4. The molecule has 0 bridgehead atoms. The molecule has 1 heterocycles. The fraction of sp³-hybridized carbons (Fsp3) is 0.130. The molecule has 3 aromatic carbocycles. The van der Waals surface area contributed by atoms with Crippen molar-refractivity contribution >= 4 is 22.3 Å². The van der Waals surface area contributed by atoms with Gasteiger partial charge < -0.3 is 14.8 Å². The fourth-order valence-electron chi connectivity index (χ4n) is 3.16. The minimum Gasteiger partial charge on any atom is -0.497 e. The Hall–Kier alpha value is -3.60. The van der Waals surface area contributed by atoms with Crippen LogP contribution in [0.5, 0.6) is 11.5 Å². The zero-order valence-corrected chi connectivity index (χ0v) is 16.1. The largest absolute Gasteiger partial charge is 0.497 e. The number of nitrogens with one attached hydrogen (secondary N) is 1. The van der Waals surface area contributed by atoms with Gasteiger partial charge in [-0.1, -0.05) is 54.1 Å². The van der Waals surface area contributed by atoms with Crippen LogP contribution < -0.4 is 14.8 Å². The molecule has 28 heavy (non-hydrogen) atoms. The van der Waals surface area contributed by atoms with Crippen LogP contribution in [0.15, 0.2) is 66.7 Å². The number of benzene rings is 3. The molecule has 0 aliphatic heterocycles. The smallest absolute Gasteiger partial charge is 0.161 e. The van der Waals surface area contributed by atoms with Gasteiger partial charge in [-0.05, 0) is 19.1 Å². The summed E-state index contributed by atoms with van der Waals surface area (Å²) in [5.74, 6) is 2.10. The molecule has 1 aromatic heterocycles. The van der Waals surface area contributed by atoms with E-state index < -0.39 is 0 Å². The van der Waals surface area contributed by atoms with E-state index in [1.54, 1.807) is 14.2 Å². The molecule has 5 heteroatoms. The average Bonchev–Trinajstić information content (AvgIpc) is 2.74. The van der Waals surface area contributed by atoms with Gasteiger partial charge >= 0.3 is 0 Å². The zero-order chi connectivity index (χ0) is 19.5. The first-order valence-corrected chi connectivity index (χ1v) is 9.01. The third kappa shape index (κ3) is 3.34. The summed E-state index contributed by atoms with van der Waals surface area (Å²) in [6, 6.07) is 22.0. The van der Waals surface area contributed by atoms with E-state index in [-0.39, 0.29) is 0 Å². The van der Waals surface area contributed by atoms with Gasteiger partial charge in [0, 0.05) is 22.4 Å². The van der Waals surface area contributed by atoms with E-state index in [9.17, 15) is 0 Å². The zero-order valence-electron chi connectivity index (χ0n) is 16.1. The van der Waals surface area contributed by atoms with Crippen molar-refractivity contribution in [3.63, 3.8) is 0 Å². The molecule has 0 radical (unpaired) electrons. The van der Waals surface area contributed by atoms with E-state index >= 15 is 0 Å². The summed E-state index contributed by atoms with van der Waals surface area (Å²) in [6.07, 6.45) is 0. The Bertz CT molecular complexity index is 1120. The Balaban J connectivity index is 1.82. The maximum absolute atomic E-state index is 5.47. The van der Waals surface area contributed by atoms with Crippen molar-refractivity contribution in [1.82, 2.24) is 10.2 Å². The lowest BCUT2D eigenvalue weighted by Gasteiger charge is -2.14. The summed E-state index contributed by atoms with van der Waals surface area (Å²) in [5.41, 5.74) is 3.88. The summed E-state index contributed by atoms with van der Waals surface area (Å²) >= 11 is 0. The van der Waals surface area contributed by atoms with E-state index in [2.05, 4.69) is 52.8 Å². The number of ether oxygens (including phenoxy) is 2. The van der Waals surface area contributed by atoms with Crippen molar-refractivity contribution in [2.45, 2.75) is 6.92 Å². The second-order valence-electron chi connectivity index (χ2n) is 6.50. The van der Waals surface area contributed by atoms with Gasteiger partial charge in [0.15, 0.2) is 5.82 Å². The molecule has 4 aromatic rings. The van der Waals surface area contributed by atoms with E-state index in [0.717, 1.165) is 33.5 Å². The highest BCUT2D eigenvalue weighted by molar-refractivity contribution is 6.01. The second kappa shape index (κ2) is 7.56. The molecule has 4 rings (SSSR count). The lowest BCUT2D eigenvalue weighted by Crippen LogP contribution is -2.01. The number of rotatable bonds is 5.